The minimum atomic E-state index is -1.96. The summed E-state index contributed by atoms with van der Waals surface area (Å²) in [4.78, 5) is 44.3. The highest BCUT2D eigenvalue weighted by Gasteiger charge is 2.46. The Balaban J connectivity index is 1.50. The summed E-state index contributed by atoms with van der Waals surface area (Å²) in [6, 6.07) is 2.57. The molecule has 42 heavy (non-hydrogen) atoms. The van der Waals surface area contributed by atoms with Gasteiger partial charge >= 0.3 is 12.1 Å². The monoisotopic (exact) mass is 613 g/mol. The number of aromatic nitrogens is 2. The summed E-state index contributed by atoms with van der Waals surface area (Å²) in [6.07, 6.45) is 2.18. The Morgan fingerprint density at radius 1 is 1.31 bits per heavy atom. The van der Waals surface area contributed by atoms with Gasteiger partial charge in [0.2, 0.25) is 0 Å². The molecule has 0 spiro atoms. The molecule has 2 N–H and O–H groups in total. The number of carbonyl (C=O) groups is 2. The van der Waals surface area contributed by atoms with E-state index in [-0.39, 0.29) is 53.4 Å². The Kier molecular flexibility index (Phi) is 7.30. The molecule has 3 aliphatic rings. The summed E-state index contributed by atoms with van der Waals surface area (Å²) >= 11 is 0. The Labute approximate surface area is 250 Å². The third kappa shape index (κ3) is 4.32. The fourth-order valence-electron chi connectivity index (χ4n) is 6.37. The van der Waals surface area contributed by atoms with Gasteiger partial charge < -0.3 is 24.5 Å². The molecule has 2 aromatic heterocycles. The highest BCUT2D eigenvalue weighted by atomic mass is 33.1. The third-order valence-corrected chi connectivity index (χ3v) is 11.2. The van der Waals surface area contributed by atoms with E-state index in [1.165, 1.54) is 6.07 Å². The van der Waals surface area contributed by atoms with E-state index in [0.717, 1.165) is 22.1 Å². The van der Waals surface area contributed by atoms with Gasteiger partial charge in [-0.05, 0) is 69.0 Å². The summed E-state index contributed by atoms with van der Waals surface area (Å²) < 4.78 is 27.6. The van der Waals surface area contributed by atoms with Gasteiger partial charge in [-0.25, -0.2) is 19.0 Å². The van der Waals surface area contributed by atoms with Crippen LogP contribution in [0.25, 0.3) is 22.3 Å². The van der Waals surface area contributed by atoms with Gasteiger partial charge in [0, 0.05) is 27.8 Å². The van der Waals surface area contributed by atoms with Gasteiger partial charge in [-0.15, -0.1) is 0 Å². The number of fused-ring (bicyclic) bond motifs is 5. The van der Waals surface area contributed by atoms with Crippen molar-refractivity contribution in [2.24, 2.45) is 0 Å². The molecule has 6 rings (SSSR count). The Bertz CT molecular complexity index is 1730. The number of hydrogen-bond acceptors (Lipinski definition) is 9. The van der Waals surface area contributed by atoms with E-state index in [4.69, 9.17) is 14.5 Å². The molecule has 1 aliphatic carbocycles. The molecule has 12 heteroatoms. The molecule has 4 heterocycles. The zero-order valence-electron chi connectivity index (χ0n) is 24.0. The number of alkyl carbamates (subject to hydrolysis) is 1. The van der Waals surface area contributed by atoms with E-state index < -0.39 is 23.7 Å². The molecule has 2 aliphatic heterocycles. The van der Waals surface area contributed by atoms with Crippen LogP contribution in [0.2, 0.25) is 0 Å². The van der Waals surface area contributed by atoms with Crippen LogP contribution in [0, 0.1) is 12.7 Å². The van der Waals surface area contributed by atoms with Gasteiger partial charge in [0.25, 0.3) is 5.56 Å². The van der Waals surface area contributed by atoms with Gasteiger partial charge in [0.05, 0.1) is 35.1 Å². The molecule has 3 aromatic rings. The highest BCUT2D eigenvalue weighted by molar-refractivity contribution is 8.76. The van der Waals surface area contributed by atoms with Crippen molar-refractivity contribution in [3.8, 4) is 11.4 Å². The first-order chi connectivity index (χ1) is 20.0. The van der Waals surface area contributed by atoms with Crippen LogP contribution < -0.4 is 10.9 Å². The first-order valence-electron chi connectivity index (χ1n) is 14.0. The number of esters is 1. The fourth-order valence-corrected chi connectivity index (χ4v) is 8.27. The van der Waals surface area contributed by atoms with Crippen molar-refractivity contribution in [2.45, 2.75) is 83.1 Å². The van der Waals surface area contributed by atoms with Crippen molar-refractivity contribution in [2.75, 3.05) is 6.26 Å². The quantitative estimate of drug-likeness (QED) is 0.228. The molecule has 9 nitrogen and oxygen atoms in total. The fraction of sp³-hybridized carbons (Fsp3) is 0.467. The number of rotatable bonds is 6. The van der Waals surface area contributed by atoms with Crippen molar-refractivity contribution in [1.82, 2.24) is 14.9 Å². The van der Waals surface area contributed by atoms with Crippen LogP contribution in [-0.2, 0) is 39.4 Å². The molecule has 222 valence electrons. The number of carbonyl (C=O) groups excluding carboxylic acids is 2. The van der Waals surface area contributed by atoms with E-state index in [9.17, 15) is 19.5 Å². The number of aryl methyl sites for hydroxylation is 1. The second-order valence-electron chi connectivity index (χ2n) is 11.1. The average molecular weight is 614 g/mol. The first-order valence-corrected chi connectivity index (χ1v) is 16.6. The minimum absolute atomic E-state index is 0.0272. The van der Waals surface area contributed by atoms with E-state index in [1.807, 2.05) is 20.1 Å². The molecule has 1 aromatic carbocycles. The molecule has 0 saturated carbocycles. The maximum Gasteiger partial charge on any atom is 0.407 e. The van der Waals surface area contributed by atoms with Crippen LogP contribution in [0.1, 0.15) is 73.0 Å². The summed E-state index contributed by atoms with van der Waals surface area (Å²) in [5.74, 6) is -1.18. The number of benzene rings is 1. The number of amides is 1. The Morgan fingerprint density at radius 3 is 2.79 bits per heavy atom. The van der Waals surface area contributed by atoms with E-state index >= 15 is 4.39 Å². The lowest BCUT2D eigenvalue weighted by atomic mass is 9.81. The standard InChI is InChI=1S/C30H32FN3O6S2/c1-6-30(38)19-9-23-26-17(11-34(23)27(35)18(19)12-39-28(30)36)25-21(33-29(37)40-14(3)15(4)42-41-5)8-7-16-13(2)20(31)10-22(32-26)24(16)25/h9-10,14-15,21,38H,6-8,11-12H2,1-5H3,(H,33,37)/t14-,15+,21-,30-/m0/s1. The molecule has 0 radical (unpaired) electrons. The molecule has 1 amide bonds. The lowest BCUT2D eigenvalue weighted by Crippen LogP contribution is -2.44. The highest BCUT2D eigenvalue weighted by Crippen LogP contribution is 2.46. The lowest BCUT2D eigenvalue weighted by molar-refractivity contribution is -0.172. The second kappa shape index (κ2) is 10.6. The molecule has 4 atom stereocenters. The minimum Gasteiger partial charge on any atom is -0.458 e. The largest absolute Gasteiger partial charge is 0.458 e. The zero-order valence-corrected chi connectivity index (χ0v) is 25.6. The van der Waals surface area contributed by atoms with Gasteiger partial charge in [-0.3, -0.25) is 4.79 Å². The van der Waals surface area contributed by atoms with Crippen molar-refractivity contribution in [1.29, 1.82) is 0 Å². The maximum atomic E-state index is 15.1. The number of ether oxygens (including phenoxy) is 2. The van der Waals surface area contributed by atoms with Crippen LogP contribution in [0.4, 0.5) is 9.18 Å². The molecule has 0 fully saturated rings. The second-order valence-corrected chi connectivity index (χ2v) is 14.0. The molecule has 0 unspecified atom stereocenters. The summed E-state index contributed by atoms with van der Waals surface area (Å²) in [5, 5.41) is 15.1. The van der Waals surface area contributed by atoms with E-state index in [1.54, 1.807) is 46.1 Å². The number of aliphatic hydroxyl groups is 1. The number of halogens is 1. The van der Waals surface area contributed by atoms with Gasteiger partial charge in [-0.2, -0.15) is 0 Å². The van der Waals surface area contributed by atoms with Crippen molar-refractivity contribution < 1.29 is 28.6 Å². The van der Waals surface area contributed by atoms with Crippen LogP contribution in [0.5, 0.6) is 0 Å². The lowest BCUT2D eigenvalue weighted by Gasteiger charge is -2.31. The number of hydrogen-bond donors (Lipinski definition) is 2. The molecule has 0 bridgehead atoms. The summed E-state index contributed by atoms with van der Waals surface area (Å²) in [7, 11) is 3.24. The van der Waals surface area contributed by atoms with Crippen LogP contribution >= 0.6 is 21.6 Å². The van der Waals surface area contributed by atoms with Crippen molar-refractivity contribution >= 4 is 44.6 Å². The van der Waals surface area contributed by atoms with Gasteiger partial charge in [-0.1, -0.05) is 28.5 Å². The van der Waals surface area contributed by atoms with E-state index in [2.05, 4.69) is 5.32 Å². The predicted octanol–water partition coefficient (Wildman–Crippen LogP) is 5.03. The third-order valence-electron chi connectivity index (χ3n) is 8.87. The van der Waals surface area contributed by atoms with Crippen molar-refractivity contribution in [3.05, 3.63) is 61.7 Å². The number of nitrogens with one attached hydrogen (secondary N) is 1. The smallest absolute Gasteiger partial charge is 0.407 e. The average Bonchev–Trinajstić information content (AvgIpc) is 3.33. The summed E-state index contributed by atoms with van der Waals surface area (Å²) in [6.45, 7) is 7.19. The van der Waals surface area contributed by atoms with Gasteiger partial charge in [0.15, 0.2) is 5.60 Å². The Hall–Kier alpha value is -3.09. The number of cyclic esters (lactones) is 1. The molecule has 0 saturated heterocycles. The van der Waals surface area contributed by atoms with Crippen LogP contribution in [0.15, 0.2) is 16.9 Å². The van der Waals surface area contributed by atoms with Crippen LogP contribution in [0.3, 0.4) is 0 Å². The predicted molar refractivity (Wildman–Crippen MR) is 160 cm³/mol. The van der Waals surface area contributed by atoms with E-state index in [0.29, 0.717) is 35.3 Å². The zero-order chi connectivity index (χ0) is 30.1. The first kappa shape index (κ1) is 29.0. The molecular weight excluding hydrogens is 581 g/mol. The van der Waals surface area contributed by atoms with Gasteiger partial charge in [0.1, 0.15) is 18.5 Å². The van der Waals surface area contributed by atoms with Crippen LogP contribution in [-0.4, -0.2) is 44.3 Å². The topological polar surface area (TPSA) is 120 Å². The normalized spacial score (nSPS) is 21.7. The maximum absolute atomic E-state index is 15.1. The SMILES string of the molecule is CC[C@@]1(O)C(=O)OCc2c1cc1n(c2=O)Cc2c-1nc1cc(F)c(C)c3c1c2[C@@H](NC(=O)O[C@@H](C)[C@@H](C)SSC)CC3. The number of nitrogens with zero attached hydrogens (tertiary/aromatic N) is 2. The molecular formula is C30H32FN3O6S2. The summed E-state index contributed by atoms with van der Waals surface area (Å²) in [5.41, 5.74) is 2.31. The Morgan fingerprint density at radius 2 is 2.07 bits per heavy atom. The van der Waals surface area contributed by atoms with Crippen molar-refractivity contribution in [3.63, 3.8) is 0 Å². The number of pyridine rings is 2.